The Balaban J connectivity index is 1.73. The average molecular weight is 360 g/mol. The molecule has 0 saturated carbocycles. The molecule has 2 aliphatic heterocycles. The maximum absolute atomic E-state index is 12.9. The zero-order valence-electron chi connectivity index (χ0n) is 15.7. The first-order valence-electron chi connectivity index (χ1n) is 9.23. The number of likely N-dealkylation sites (tertiary alicyclic amines) is 1. The van der Waals surface area contributed by atoms with E-state index in [4.69, 9.17) is 4.74 Å². The van der Waals surface area contributed by atoms with E-state index in [1.165, 1.54) is 0 Å². The Kier molecular flexibility index (Phi) is 5.88. The van der Waals surface area contributed by atoms with E-state index in [9.17, 15) is 9.59 Å². The van der Waals surface area contributed by atoms with Gasteiger partial charge in [0.2, 0.25) is 5.91 Å². The molecular formula is C19H28N4O3. The first kappa shape index (κ1) is 18.8. The number of carbonyl (C=O) groups excluding carboxylic acids is 2. The highest BCUT2D eigenvalue weighted by Gasteiger charge is 2.43. The number of carbonyl (C=O) groups is 2. The molecule has 3 rings (SSSR count). The van der Waals surface area contributed by atoms with E-state index in [2.05, 4.69) is 16.9 Å². The molecular weight excluding hydrogens is 332 g/mol. The molecule has 0 unspecified atom stereocenters. The van der Waals surface area contributed by atoms with Crippen LogP contribution in [0.1, 0.15) is 29.6 Å². The summed E-state index contributed by atoms with van der Waals surface area (Å²) in [6.45, 7) is 4.07. The molecule has 2 saturated heterocycles. The van der Waals surface area contributed by atoms with Crippen molar-refractivity contribution in [1.82, 2.24) is 19.7 Å². The summed E-state index contributed by atoms with van der Waals surface area (Å²) in [5.41, 5.74) is 0.478. The monoisotopic (exact) mass is 360 g/mol. The maximum atomic E-state index is 12.9. The second-order valence-corrected chi connectivity index (χ2v) is 7.24. The Morgan fingerprint density at radius 3 is 2.88 bits per heavy atom. The molecule has 142 valence electrons. The van der Waals surface area contributed by atoms with E-state index in [-0.39, 0.29) is 17.4 Å². The molecule has 1 aromatic rings. The molecule has 0 aromatic carbocycles. The van der Waals surface area contributed by atoms with Crippen LogP contribution in [-0.2, 0) is 9.53 Å². The van der Waals surface area contributed by atoms with Gasteiger partial charge in [-0.15, -0.1) is 0 Å². The third-order valence-electron chi connectivity index (χ3n) is 5.77. The van der Waals surface area contributed by atoms with E-state index in [0.717, 1.165) is 19.4 Å². The van der Waals surface area contributed by atoms with Crippen molar-refractivity contribution in [2.24, 2.45) is 0 Å². The smallest absolute Gasteiger partial charge is 0.255 e. The van der Waals surface area contributed by atoms with Gasteiger partial charge in [-0.2, -0.15) is 0 Å². The van der Waals surface area contributed by atoms with Gasteiger partial charge in [0.1, 0.15) is 0 Å². The molecule has 7 nitrogen and oxygen atoms in total. The molecule has 7 heteroatoms. The van der Waals surface area contributed by atoms with E-state index in [1.807, 2.05) is 15.9 Å². The predicted molar refractivity (Wildman–Crippen MR) is 97.8 cm³/mol. The molecule has 1 atom stereocenters. The van der Waals surface area contributed by atoms with E-state index >= 15 is 0 Å². The lowest BCUT2D eigenvalue weighted by Crippen LogP contribution is -2.62. The van der Waals surface area contributed by atoms with Gasteiger partial charge in [-0.3, -0.25) is 19.5 Å². The van der Waals surface area contributed by atoms with Crippen molar-refractivity contribution in [3.63, 3.8) is 0 Å². The van der Waals surface area contributed by atoms with Gasteiger partial charge < -0.3 is 14.5 Å². The van der Waals surface area contributed by atoms with Gasteiger partial charge in [0.15, 0.2) is 0 Å². The van der Waals surface area contributed by atoms with Crippen LogP contribution in [-0.4, -0.2) is 90.5 Å². The molecule has 1 spiro atoms. The van der Waals surface area contributed by atoms with E-state index in [0.29, 0.717) is 44.8 Å². The van der Waals surface area contributed by atoms with Gasteiger partial charge in [0, 0.05) is 64.2 Å². The molecule has 1 aromatic heterocycles. The molecule has 0 N–H and O–H groups in total. The van der Waals surface area contributed by atoms with Gasteiger partial charge in [0.25, 0.3) is 5.91 Å². The SMILES string of the molecule is COCCN1CC[C@@]2(CCC1=O)CN(C(=O)c1cccnc1)CCN2C. The average Bonchev–Trinajstić information content (AvgIpc) is 2.83. The number of hydrogen-bond acceptors (Lipinski definition) is 5. The molecule has 0 aliphatic carbocycles. The van der Waals surface area contributed by atoms with Crippen LogP contribution in [0.3, 0.4) is 0 Å². The van der Waals surface area contributed by atoms with Crippen molar-refractivity contribution in [2.75, 3.05) is 53.5 Å². The molecule has 2 fully saturated rings. The Morgan fingerprint density at radius 1 is 1.31 bits per heavy atom. The van der Waals surface area contributed by atoms with Gasteiger partial charge in [-0.05, 0) is 32.0 Å². The highest BCUT2D eigenvalue weighted by Crippen LogP contribution is 2.32. The van der Waals surface area contributed by atoms with E-state index < -0.39 is 0 Å². The van der Waals surface area contributed by atoms with Crippen molar-refractivity contribution in [3.05, 3.63) is 30.1 Å². The van der Waals surface area contributed by atoms with E-state index in [1.54, 1.807) is 25.6 Å². The fourth-order valence-corrected chi connectivity index (χ4v) is 3.98. The molecule has 3 heterocycles. The van der Waals surface area contributed by atoms with Crippen LogP contribution in [0.25, 0.3) is 0 Å². The summed E-state index contributed by atoms with van der Waals surface area (Å²) in [7, 11) is 3.77. The number of pyridine rings is 1. The fraction of sp³-hybridized carbons (Fsp3) is 0.632. The third-order valence-corrected chi connectivity index (χ3v) is 5.77. The minimum Gasteiger partial charge on any atom is -0.383 e. The first-order chi connectivity index (χ1) is 12.6. The van der Waals surface area contributed by atoms with Crippen LogP contribution in [0.5, 0.6) is 0 Å². The lowest BCUT2D eigenvalue weighted by molar-refractivity contribution is -0.131. The number of ether oxygens (including phenoxy) is 1. The quantitative estimate of drug-likeness (QED) is 0.797. The van der Waals surface area contributed by atoms with Crippen molar-refractivity contribution < 1.29 is 14.3 Å². The first-order valence-corrected chi connectivity index (χ1v) is 9.23. The van der Waals surface area contributed by atoms with Crippen LogP contribution in [0, 0.1) is 0 Å². The minimum atomic E-state index is -0.145. The number of aromatic nitrogens is 1. The number of hydrogen-bond donors (Lipinski definition) is 0. The molecule has 2 amide bonds. The van der Waals surface area contributed by atoms with Crippen molar-refractivity contribution in [2.45, 2.75) is 24.8 Å². The molecule has 2 aliphatic rings. The van der Waals surface area contributed by atoms with Crippen LogP contribution in [0.15, 0.2) is 24.5 Å². The third kappa shape index (κ3) is 3.88. The summed E-state index contributed by atoms with van der Waals surface area (Å²) < 4.78 is 5.13. The summed E-state index contributed by atoms with van der Waals surface area (Å²) in [4.78, 5) is 35.5. The number of rotatable bonds is 4. The number of methoxy groups -OCH3 is 1. The molecule has 26 heavy (non-hydrogen) atoms. The lowest BCUT2D eigenvalue weighted by atomic mass is 9.86. The zero-order chi connectivity index (χ0) is 18.6. The van der Waals surface area contributed by atoms with Crippen molar-refractivity contribution in [3.8, 4) is 0 Å². The highest BCUT2D eigenvalue weighted by atomic mass is 16.5. The second-order valence-electron chi connectivity index (χ2n) is 7.24. The maximum Gasteiger partial charge on any atom is 0.255 e. The van der Waals surface area contributed by atoms with Gasteiger partial charge in [-0.1, -0.05) is 0 Å². The van der Waals surface area contributed by atoms with Crippen molar-refractivity contribution in [1.29, 1.82) is 0 Å². The topological polar surface area (TPSA) is 66.0 Å². The fourth-order valence-electron chi connectivity index (χ4n) is 3.98. The second kappa shape index (κ2) is 8.14. The largest absolute Gasteiger partial charge is 0.383 e. The lowest BCUT2D eigenvalue weighted by Gasteiger charge is -2.49. The Morgan fingerprint density at radius 2 is 2.15 bits per heavy atom. The summed E-state index contributed by atoms with van der Waals surface area (Å²) in [5, 5.41) is 0. The van der Waals surface area contributed by atoms with Gasteiger partial charge in [0.05, 0.1) is 12.2 Å². The van der Waals surface area contributed by atoms with Gasteiger partial charge >= 0.3 is 0 Å². The van der Waals surface area contributed by atoms with Crippen LogP contribution in [0.4, 0.5) is 0 Å². The standard InChI is InChI=1S/C19H28N4O3/c1-21-10-11-23(18(25)16-4-3-8-20-14-16)15-19(21)6-5-17(24)22(9-7-19)12-13-26-2/h3-4,8,14H,5-7,9-13,15H2,1-2H3/t19-/m0/s1. The summed E-state index contributed by atoms with van der Waals surface area (Å²) >= 11 is 0. The summed E-state index contributed by atoms with van der Waals surface area (Å²) in [6, 6.07) is 3.60. The summed E-state index contributed by atoms with van der Waals surface area (Å²) in [6.07, 6.45) is 5.46. The van der Waals surface area contributed by atoms with Crippen LogP contribution < -0.4 is 0 Å². The molecule has 0 radical (unpaired) electrons. The molecule has 0 bridgehead atoms. The predicted octanol–water partition coefficient (Wildman–Crippen LogP) is 0.867. The zero-order valence-corrected chi connectivity index (χ0v) is 15.7. The van der Waals surface area contributed by atoms with Crippen molar-refractivity contribution >= 4 is 11.8 Å². The highest BCUT2D eigenvalue weighted by molar-refractivity contribution is 5.94. The Labute approximate surface area is 154 Å². The van der Waals surface area contributed by atoms with Crippen LogP contribution >= 0.6 is 0 Å². The summed E-state index contributed by atoms with van der Waals surface area (Å²) in [5.74, 6) is 0.209. The number of amides is 2. The number of piperazine rings is 1. The number of likely N-dealkylation sites (N-methyl/N-ethyl adjacent to an activating group) is 1. The van der Waals surface area contributed by atoms with Gasteiger partial charge in [-0.25, -0.2) is 0 Å². The minimum absolute atomic E-state index is 0.0254. The van der Waals surface area contributed by atoms with Crippen LogP contribution in [0.2, 0.25) is 0 Å². The Bertz CT molecular complexity index is 639. The normalized spacial score (nSPS) is 24.8. The number of nitrogens with zero attached hydrogens (tertiary/aromatic N) is 4. The Hall–Kier alpha value is -1.99.